The molecule has 0 bridgehead atoms. The van der Waals surface area contributed by atoms with Gasteiger partial charge in [0, 0.05) is 25.0 Å². The van der Waals surface area contributed by atoms with E-state index in [4.69, 9.17) is 9.47 Å². The quantitative estimate of drug-likeness (QED) is 0.720. The summed E-state index contributed by atoms with van der Waals surface area (Å²) in [5.41, 5.74) is 2.12. The van der Waals surface area contributed by atoms with Crippen molar-refractivity contribution in [3.05, 3.63) is 66.5 Å². The number of imidazole rings is 1. The number of methoxy groups -OCH3 is 1. The monoisotopic (exact) mass is 294 g/mol. The molecule has 0 fully saturated rings. The number of benzene rings is 2. The summed E-state index contributed by atoms with van der Waals surface area (Å²) >= 11 is 0. The lowest BCUT2D eigenvalue weighted by molar-refractivity contribution is 0.284. The van der Waals surface area contributed by atoms with Crippen LogP contribution in [0.4, 0.5) is 0 Å². The highest BCUT2D eigenvalue weighted by Gasteiger charge is 2.10. The molecule has 0 unspecified atom stereocenters. The molecule has 0 aliphatic heterocycles. The number of hydrogen-bond donors (Lipinski definition) is 0. The van der Waals surface area contributed by atoms with E-state index in [1.54, 1.807) is 13.3 Å². The fourth-order valence-electron chi connectivity index (χ4n) is 2.31. The summed E-state index contributed by atoms with van der Waals surface area (Å²) < 4.78 is 13.3. The fourth-order valence-corrected chi connectivity index (χ4v) is 2.31. The molecule has 4 nitrogen and oxygen atoms in total. The molecule has 0 aliphatic carbocycles. The average Bonchev–Trinajstić information content (AvgIpc) is 3.00. The third-order valence-electron chi connectivity index (χ3n) is 3.48. The summed E-state index contributed by atoms with van der Waals surface area (Å²) in [6.45, 7) is 0.513. The van der Waals surface area contributed by atoms with Crippen molar-refractivity contribution in [2.75, 3.05) is 7.11 Å². The summed E-state index contributed by atoms with van der Waals surface area (Å²) in [5, 5.41) is 0. The van der Waals surface area contributed by atoms with Crippen LogP contribution in [0.2, 0.25) is 0 Å². The first-order chi connectivity index (χ1) is 10.8. The van der Waals surface area contributed by atoms with Crippen LogP contribution in [-0.2, 0) is 13.7 Å². The van der Waals surface area contributed by atoms with Gasteiger partial charge in [-0.25, -0.2) is 4.98 Å². The standard InChI is InChI=1S/C18H18N2O2/c1-20-11-10-19-18(20)15-8-9-16(17(12-15)21-2)22-13-14-6-4-3-5-7-14/h3-12H,13H2,1-2H3. The van der Waals surface area contributed by atoms with Gasteiger partial charge in [0.1, 0.15) is 12.4 Å². The van der Waals surface area contributed by atoms with Gasteiger partial charge in [0.05, 0.1) is 7.11 Å². The molecule has 3 rings (SSSR count). The van der Waals surface area contributed by atoms with Crippen molar-refractivity contribution >= 4 is 0 Å². The minimum Gasteiger partial charge on any atom is -0.493 e. The minimum absolute atomic E-state index is 0.513. The van der Waals surface area contributed by atoms with Crippen LogP contribution in [0.3, 0.4) is 0 Å². The second kappa shape index (κ2) is 6.35. The summed E-state index contributed by atoms with van der Waals surface area (Å²) in [7, 11) is 3.61. The fraction of sp³-hybridized carbons (Fsp3) is 0.167. The molecular weight excluding hydrogens is 276 g/mol. The SMILES string of the molecule is COc1cc(-c2nccn2C)ccc1OCc1ccccc1. The normalized spacial score (nSPS) is 10.5. The third kappa shape index (κ3) is 2.96. The molecule has 0 saturated heterocycles. The molecule has 0 saturated carbocycles. The van der Waals surface area contributed by atoms with E-state index in [9.17, 15) is 0 Å². The van der Waals surface area contributed by atoms with E-state index in [0.717, 1.165) is 22.7 Å². The molecule has 1 aromatic heterocycles. The van der Waals surface area contributed by atoms with E-state index in [1.165, 1.54) is 0 Å². The zero-order valence-corrected chi connectivity index (χ0v) is 12.7. The molecule has 0 aliphatic rings. The topological polar surface area (TPSA) is 36.3 Å². The molecular formula is C18H18N2O2. The molecule has 0 N–H and O–H groups in total. The molecule has 22 heavy (non-hydrogen) atoms. The van der Waals surface area contributed by atoms with E-state index in [2.05, 4.69) is 4.98 Å². The van der Waals surface area contributed by atoms with Gasteiger partial charge in [0.25, 0.3) is 0 Å². The molecule has 0 spiro atoms. The zero-order valence-electron chi connectivity index (χ0n) is 12.7. The first kappa shape index (κ1) is 14.2. The number of rotatable bonds is 5. The van der Waals surface area contributed by atoms with Gasteiger partial charge in [-0.05, 0) is 23.8 Å². The molecule has 0 amide bonds. The van der Waals surface area contributed by atoms with E-state index >= 15 is 0 Å². The Balaban J connectivity index is 1.82. The third-order valence-corrected chi connectivity index (χ3v) is 3.48. The van der Waals surface area contributed by atoms with Crippen molar-refractivity contribution in [2.24, 2.45) is 7.05 Å². The molecule has 0 radical (unpaired) electrons. The summed E-state index contributed by atoms with van der Waals surface area (Å²) in [4.78, 5) is 4.35. The van der Waals surface area contributed by atoms with Crippen molar-refractivity contribution in [1.82, 2.24) is 9.55 Å². The van der Waals surface area contributed by atoms with Crippen molar-refractivity contribution in [1.29, 1.82) is 0 Å². The second-order valence-corrected chi connectivity index (χ2v) is 5.00. The molecule has 4 heteroatoms. The largest absolute Gasteiger partial charge is 0.493 e. The number of ether oxygens (including phenoxy) is 2. The summed E-state index contributed by atoms with van der Waals surface area (Å²) in [5.74, 6) is 2.33. The van der Waals surface area contributed by atoms with Gasteiger partial charge in [-0.15, -0.1) is 0 Å². The molecule has 2 aromatic carbocycles. The Morgan fingerprint density at radius 3 is 2.55 bits per heavy atom. The lowest BCUT2D eigenvalue weighted by Crippen LogP contribution is -1.98. The summed E-state index contributed by atoms with van der Waals surface area (Å²) in [6, 6.07) is 15.9. The van der Waals surface area contributed by atoms with E-state index in [-0.39, 0.29) is 0 Å². The Bertz CT molecular complexity index is 751. The first-order valence-corrected chi connectivity index (χ1v) is 7.10. The van der Waals surface area contributed by atoms with Crippen molar-refractivity contribution < 1.29 is 9.47 Å². The maximum absolute atomic E-state index is 5.86. The van der Waals surface area contributed by atoms with Crippen molar-refractivity contribution in [3.8, 4) is 22.9 Å². The van der Waals surface area contributed by atoms with Gasteiger partial charge in [-0.2, -0.15) is 0 Å². The number of aryl methyl sites for hydroxylation is 1. The predicted octanol–water partition coefficient (Wildman–Crippen LogP) is 3.67. The Hall–Kier alpha value is -2.75. The van der Waals surface area contributed by atoms with Crippen LogP contribution < -0.4 is 9.47 Å². The van der Waals surface area contributed by atoms with Crippen LogP contribution in [0.1, 0.15) is 5.56 Å². The van der Waals surface area contributed by atoms with Gasteiger partial charge < -0.3 is 14.0 Å². The van der Waals surface area contributed by atoms with Crippen LogP contribution in [0.25, 0.3) is 11.4 Å². The van der Waals surface area contributed by atoms with Gasteiger partial charge in [-0.3, -0.25) is 0 Å². The highest BCUT2D eigenvalue weighted by Crippen LogP contribution is 2.32. The predicted molar refractivity (Wildman–Crippen MR) is 86.0 cm³/mol. The van der Waals surface area contributed by atoms with E-state index in [0.29, 0.717) is 12.4 Å². The van der Waals surface area contributed by atoms with Gasteiger partial charge in [-0.1, -0.05) is 30.3 Å². The van der Waals surface area contributed by atoms with Gasteiger partial charge in [0.15, 0.2) is 11.5 Å². The Kier molecular flexibility index (Phi) is 4.10. The number of aromatic nitrogens is 2. The van der Waals surface area contributed by atoms with Crippen molar-refractivity contribution in [3.63, 3.8) is 0 Å². The maximum Gasteiger partial charge on any atom is 0.161 e. The van der Waals surface area contributed by atoms with Crippen LogP contribution in [0.15, 0.2) is 60.9 Å². The van der Waals surface area contributed by atoms with Gasteiger partial charge >= 0.3 is 0 Å². The molecule has 3 aromatic rings. The second-order valence-electron chi connectivity index (χ2n) is 5.00. The minimum atomic E-state index is 0.513. The molecule has 112 valence electrons. The molecule has 1 heterocycles. The first-order valence-electron chi connectivity index (χ1n) is 7.10. The maximum atomic E-state index is 5.86. The lowest BCUT2D eigenvalue weighted by atomic mass is 10.2. The average molecular weight is 294 g/mol. The van der Waals surface area contributed by atoms with Crippen LogP contribution in [-0.4, -0.2) is 16.7 Å². The van der Waals surface area contributed by atoms with Crippen LogP contribution in [0.5, 0.6) is 11.5 Å². The van der Waals surface area contributed by atoms with Crippen LogP contribution >= 0.6 is 0 Å². The number of hydrogen-bond acceptors (Lipinski definition) is 3. The smallest absolute Gasteiger partial charge is 0.161 e. The summed E-state index contributed by atoms with van der Waals surface area (Å²) in [6.07, 6.45) is 3.70. The lowest BCUT2D eigenvalue weighted by Gasteiger charge is -2.12. The van der Waals surface area contributed by atoms with Crippen molar-refractivity contribution in [2.45, 2.75) is 6.61 Å². The Morgan fingerprint density at radius 2 is 1.86 bits per heavy atom. The zero-order chi connectivity index (χ0) is 15.4. The Labute approximate surface area is 130 Å². The van der Waals surface area contributed by atoms with Crippen LogP contribution in [0, 0.1) is 0 Å². The highest BCUT2D eigenvalue weighted by molar-refractivity contribution is 5.61. The Morgan fingerprint density at radius 1 is 1.05 bits per heavy atom. The van der Waals surface area contributed by atoms with E-state index < -0.39 is 0 Å². The number of nitrogens with zero attached hydrogens (tertiary/aromatic N) is 2. The molecule has 0 atom stereocenters. The van der Waals surface area contributed by atoms with Gasteiger partial charge in [0.2, 0.25) is 0 Å². The highest BCUT2D eigenvalue weighted by atomic mass is 16.5. The van der Waals surface area contributed by atoms with E-state index in [1.807, 2.05) is 66.3 Å².